The first-order valence-electron chi connectivity index (χ1n) is 12.2. The van der Waals surface area contributed by atoms with Crippen molar-refractivity contribution in [1.29, 1.82) is 0 Å². The van der Waals surface area contributed by atoms with E-state index in [0.29, 0.717) is 23.6 Å². The van der Waals surface area contributed by atoms with E-state index < -0.39 is 29.3 Å². The summed E-state index contributed by atoms with van der Waals surface area (Å²) in [6, 6.07) is 18.4. The second-order valence-corrected chi connectivity index (χ2v) is 9.47. The molecule has 0 spiro atoms. The molecule has 40 heavy (non-hydrogen) atoms. The van der Waals surface area contributed by atoms with Gasteiger partial charge in [0.05, 0.1) is 0 Å². The maximum absolute atomic E-state index is 14.3. The van der Waals surface area contributed by atoms with Gasteiger partial charge in [0, 0.05) is 5.56 Å². The van der Waals surface area contributed by atoms with Gasteiger partial charge in [-0.1, -0.05) is 24.3 Å². The van der Waals surface area contributed by atoms with Crippen LogP contribution in [0, 0.1) is 27.7 Å². The standard InChI is InChI=1S/C31H26F6O3/c1-19-5-9-27(17-21(19)3)38-24-11-7-23(8-12-24)29(30(32,33)34,31(35,36)37)40-26-15-13-25(14-16-26)39-28-10-6-20(2)22(4)18-28/h5-18H,1-4H3. The van der Waals surface area contributed by atoms with Crippen molar-refractivity contribution >= 4 is 0 Å². The number of halogens is 6. The van der Waals surface area contributed by atoms with E-state index >= 15 is 0 Å². The fourth-order valence-corrected chi connectivity index (χ4v) is 4.00. The number of alkyl halides is 6. The van der Waals surface area contributed by atoms with Crippen molar-refractivity contribution in [1.82, 2.24) is 0 Å². The zero-order valence-corrected chi connectivity index (χ0v) is 22.1. The Labute approximate surface area is 227 Å². The number of hydrogen-bond donors (Lipinski definition) is 0. The minimum absolute atomic E-state index is 0.0677. The number of rotatable bonds is 7. The van der Waals surface area contributed by atoms with Crippen LogP contribution in [0.25, 0.3) is 0 Å². The monoisotopic (exact) mass is 560 g/mol. The summed E-state index contributed by atoms with van der Waals surface area (Å²) in [5.74, 6) is 0.511. The lowest BCUT2D eigenvalue weighted by molar-refractivity contribution is -0.365. The molecule has 0 aliphatic carbocycles. The van der Waals surface area contributed by atoms with Gasteiger partial charge < -0.3 is 14.2 Å². The smallest absolute Gasteiger partial charge is 0.442 e. The van der Waals surface area contributed by atoms with Crippen LogP contribution in [0.2, 0.25) is 0 Å². The minimum Gasteiger partial charge on any atom is -0.464 e. The normalized spacial score (nSPS) is 12.2. The van der Waals surface area contributed by atoms with Gasteiger partial charge in [-0.15, -0.1) is 0 Å². The van der Waals surface area contributed by atoms with E-state index in [-0.39, 0.29) is 11.5 Å². The van der Waals surface area contributed by atoms with Crippen LogP contribution in [0.1, 0.15) is 27.8 Å². The summed E-state index contributed by atoms with van der Waals surface area (Å²) in [6.45, 7) is 7.55. The molecule has 0 atom stereocenters. The van der Waals surface area contributed by atoms with E-state index in [1.165, 1.54) is 12.1 Å². The van der Waals surface area contributed by atoms with Crippen LogP contribution in [-0.2, 0) is 5.60 Å². The lowest BCUT2D eigenvalue weighted by Crippen LogP contribution is -2.58. The highest BCUT2D eigenvalue weighted by molar-refractivity contribution is 5.42. The Hall–Kier alpha value is -4.14. The topological polar surface area (TPSA) is 27.7 Å². The van der Waals surface area contributed by atoms with Gasteiger partial charge in [-0.05, 0) is 111 Å². The highest BCUT2D eigenvalue weighted by atomic mass is 19.4. The van der Waals surface area contributed by atoms with Gasteiger partial charge in [0.25, 0.3) is 0 Å². The molecular formula is C31H26F6O3. The zero-order chi connectivity index (χ0) is 29.3. The van der Waals surface area contributed by atoms with E-state index in [1.54, 1.807) is 30.3 Å². The van der Waals surface area contributed by atoms with E-state index in [0.717, 1.165) is 46.5 Å². The Morgan fingerprint density at radius 3 is 1.15 bits per heavy atom. The fraction of sp³-hybridized carbons (Fsp3) is 0.226. The molecule has 0 radical (unpaired) electrons. The highest BCUT2D eigenvalue weighted by Gasteiger charge is 2.74. The maximum Gasteiger partial charge on any atom is 0.442 e. The molecule has 0 N–H and O–H groups in total. The van der Waals surface area contributed by atoms with Gasteiger partial charge in [0.2, 0.25) is 0 Å². The molecule has 0 amide bonds. The van der Waals surface area contributed by atoms with Crippen molar-refractivity contribution in [2.24, 2.45) is 0 Å². The Morgan fingerprint density at radius 2 is 0.775 bits per heavy atom. The Balaban J connectivity index is 1.63. The summed E-state index contributed by atoms with van der Waals surface area (Å²) in [5, 5.41) is 0. The predicted octanol–water partition coefficient (Wildman–Crippen LogP) is 9.90. The largest absolute Gasteiger partial charge is 0.464 e. The molecular weight excluding hydrogens is 534 g/mol. The Morgan fingerprint density at radius 1 is 0.425 bits per heavy atom. The SMILES string of the molecule is Cc1ccc(Oc2ccc(OC(c3ccc(Oc4ccc(C)c(C)c4)cc3)(C(F)(F)F)C(F)(F)F)cc2)cc1C. The van der Waals surface area contributed by atoms with Crippen LogP contribution in [0.15, 0.2) is 84.9 Å². The number of ether oxygens (including phenoxy) is 3. The molecule has 0 unspecified atom stereocenters. The zero-order valence-electron chi connectivity index (χ0n) is 22.1. The third-order valence-corrected chi connectivity index (χ3v) is 6.58. The quantitative estimate of drug-likeness (QED) is 0.211. The summed E-state index contributed by atoms with van der Waals surface area (Å²) in [5.41, 5.74) is -1.85. The molecule has 4 aromatic rings. The van der Waals surface area contributed by atoms with Crippen molar-refractivity contribution in [3.8, 4) is 28.7 Å². The van der Waals surface area contributed by atoms with Crippen molar-refractivity contribution in [2.75, 3.05) is 0 Å². The summed E-state index contributed by atoms with van der Waals surface area (Å²) < 4.78 is 102. The van der Waals surface area contributed by atoms with E-state index in [2.05, 4.69) is 0 Å². The summed E-state index contributed by atoms with van der Waals surface area (Å²) in [4.78, 5) is 0. The van der Waals surface area contributed by atoms with Crippen LogP contribution < -0.4 is 14.2 Å². The number of benzene rings is 4. The molecule has 0 saturated carbocycles. The van der Waals surface area contributed by atoms with Crippen LogP contribution >= 0.6 is 0 Å². The average molecular weight is 561 g/mol. The van der Waals surface area contributed by atoms with Gasteiger partial charge in [-0.25, -0.2) is 0 Å². The highest BCUT2D eigenvalue weighted by Crippen LogP contribution is 2.53. The third kappa shape index (κ3) is 5.88. The van der Waals surface area contributed by atoms with Crippen LogP contribution in [0.5, 0.6) is 28.7 Å². The molecule has 210 valence electrons. The molecule has 0 aromatic heterocycles. The Bertz CT molecular complexity index is 1460. The van der Waals surface area contributed by atoms with Gasteiger partial charge in [-0.2, -0.15) is 26.3 Å². The van der Waals surface area contributed by atoms with Gasteiger partial charge in [-0.3, -0.25) is 0 Å². The number of hydrogen-bond acceptors (Lipinski definition) is 3. The van der Waals surface area contributed by atoms with Crippen molar-refractivity contribution < 1.29 is 40.6 Å². The van der Waals surface area contributed by atoms with Gasteiger partial charge in [0.1, 0.15) is 28.7 Å². The molecule has 0 aliphatic heterocycles. The van der Waals surface area contributed by atoms with E-state index in [9.17, 15) is 26.3 Å². The fourth-order valence-electron chi connectivity index (χ4n) is 4.00. The van der Waals surface area contributed by atoms with Crippen molar-refractivity contribution in [3.63, 3.8) is 0 Å². The second kappa shape index (κ2) is 10.8. The van der Waals surface area contributed by atoms with Gasteiger partial charge in [0.15, 0.2) is 0 Å². The molecule has 4 aromatic carbocycles. The molecule has 0 heterocycles. The summed E-state index contributed by atoms with van der Waals surface area (Å²) in [7, 11) is 0. The molecule has 0 aliphatic rings. The minimum atomic E-state index is -5.85. The molecule has 0 bridgehead atoms. The van der Waals surface area contributed by atoms with E-state index in [4.69, 9.17) is 14.2 Å². The van der Waals surface area contributed by atoms with E-state index in [1.807, 2.05) is 33.8 Å². The van der Waals surface area contributed by atoms with Crippen molar-refractivity contribution in [3.05, 3.63) is 113 Å². The maximum atomic E-state index is 14.3. The summed E-state index contributed by atoms with van der Waals surface area (Å²) in [6.07, 6.45) is -11.7. The van der Waals surface area contributed by atoms with Crippen molar-refractivity contribution in [2.45, 2.75) is 45.6 Å². The molecule has 9 heteroatoms. The molecule has 0 fully saturated rings. The first-order valence-corrected chi connectivity index (χ1v) is 12.2. The average Bonchev–Trinajstić information content (AvgIpc) is 2.87. The molecule has 3 nitrogen and oxygen atoms in total. The second-order valence-electron chi connectivity index (χ2n) is 9.47. The van der Waals surface area contributed by atoms with Gasteiger partial charge >= 0.3 is 18.0 Å². The predicted molar refractivity (Wildman–Crippen MR) is 139 cm³/mol. The molecule has 4 rings (SSSR count). The first-order chi connectivity index (χ1) is 18.7. The lowest BCUT2D eigenvalue weighted by Gasteiger charge is -2.37. The Kier molecular flexibility index (Phi) is 7.78. The third-order valence-electron chi connectivity index (χ3n) is 6.58. The number of aryl methyl sites for hydroxylation is 4. The molecule has 0 saturated heterocycles. The first kappa shape index (κ1) is 28.9. The van der Waals surface area contributed by atoms with Crippen LogP contribution in [-0.4, -0.2) is 12.4 Å². The lowest BCUT2D eigenvalue weighted by atomic mass is 9.91. The van der Waals surface area contributed by atoms with Crippen LogP contribution in [0.3, 0.4) is 0 Å². The van der Waals surface area contributed by atoms with Crippen LogP contribution in [0.4, 0.5) is 26.3 Å². The summed E-state index contributed by atoms with van der Waals surface area (Å²) >= 11 is 0.